The molecule has 0 bridgehead atoms. The first-order valence-electron chi connectivity index (χ1n) is 11.9. The Kier molecular flexibility index (Phi) is 5.37. The smallest absolute Gasteiger partial charge is 0.265 e. The van der Waals surface area contributed by atoms with Crippen LogP contribution in [0.2, 0.25) is 0 Å². The Morgan fingerprint density at radius 3 is 2.25 bits per heavy atom. The first-order valence-corrected chi connectivity index (χ1v) is 11.9. The molecule has 176 valence electrons. The molecule has 0 spiro atoms. The normalized spacial score (nSPS) is 11.8. The number of para-hydroxylation sites is 2. The molecule has 0 aliphatic heterocycles. The molecule has 0 amide bonds. The third-order valence-corrected chi connectivity index (χ3v) is 6.40. The highest BCUT2D eigenvalue weighted by Gasteiger charge is 2.21. The molecule has 6 aromatic rings. The number of hydrogen-bond donors (Lipinski definition) is 0. The summed E-state index contributed by atoms with van der Waals surface area (Å²) in [6.45, 7) is 4.43. The highest BCUT2D eigenvalue weighted by Crippen LogP contribution is 2.25. The largest absolute Gasteiger partial charge is 0.296 e. The lowest BCUT2D eigenvalue weighted by Crippen LogP contribution is -2.25. The first-order chi connectivity index (χ1) is 17.6. The second-order valence-electron chi connectivity index (χ2n) is 8.90. The van der Waals surface area contributed by atoms with Crippen LogP contribution in [0.25, 0.3) is 33.2 Å². The predicted octanol–water partition coefficient (Wildman–Crippen LogP) is 5.04. The number of hydrogen-bond acceptors (Lipinski definition) is 5. The van der Waals surface area contributed by atoms with Crippen molar-refractivity contribution >= 4 is 39.4 Å². The zero-order valence-corrected chi connectivity index (χ0v) is 20.1. The van der Waals surface area contributed by atoms with Crippen molar-refractivity contribution < 1.29 is 0 Å². The Labute approximate surface area is 207 Å². The Morgan fingerprint density at radius 1 is 0.806 bits per heavy atom. The van der Waals surface area contributed by atoms with Crippen LogP contribution in [-0.4, -0.2) is 30.4 Å². The highest BCUT2D eigenvalue weighted by molar-refractivity contribution is 6.05. The van der Waals surface area contributed by atoms with E-state index in [4.69, 9.17) is 20.1 Å². The van der Waals surface area contributed by atoms with Crippen molar-refractivity contribution in [3.05, 3.63) is 112 Å². The summed E-state index contributed by atoms with van der Waals surface area (Å²) in [4.78, 5) is 28.3. The van der Waals surface area contributed by atoms with Crippen LogP contribution in [0.15, 0.2) is 88.8 Å². The second-order valence-corrected chi connectivity index (χ2v) is 8.90. The van der Waals surface area contributed by atoms with Crippen LogP contribution < -0.4 is 5.56 Å². The van der Waals surface area contributed by atoms with Crippen molar-refractivity contribution in [3.63, 3.8) is 0 Å². The van der Waals surface area contributed by atoms with Crippen LogP contribution in [0.1, 0.15) is 22.5 Å². The van der Waals surface area contributed by atoms with Crippen molar-refractivity contribution in [2.24, 2.45) is 5.10 Å². The molecule has 7 heteroatoms. The summed E-state index contributed by atoms with van der Waals surface area (Å²) in [6, 6.07) is 25.9. The molecular formula is C29H24N6O. The zero-order valence-electron chi connectivity index (χ0n) is 20.1. The number of benzene rings is 3. The second kappa shape index (κ2) is 8.85. The van der Waals surface area contributed by atoms with E-state index in [1.165, 1.54) is 11.1 Å². The van der Waals surface area contributed by atoms with Crippen LogP contribution in [0.5, 0.6) is 0 Å². The molecule has 0 saturated carbocycles. The molecule has 3 heterocycles. The van der Waals surface area contributed by atoms with Gasteiger partial charge in [-0.2, -0.15) is 9.78 Å². The van der Waals surface area contributed by atoms with Gasteiger partial charge in [-0.25, -0.2) is 15.0 Å². The van der Waals surface area contributed by atoms with Gasteiger partial charge in [0.25, 0.3) is 5.56 Å². The lowest BCUT2D eigenvalue weighted by molar-refractivity contribution is 0.636. The monoisotopic (exact) mass is 472 g/mol. The molecule has 6 rings (SSSR count). The topological polar surface area (TPSA) is 78.0 Å². The van der Waals surface area contributed by atoms with Crippen molar-refractivity contribution in [2.75, 3.05) is 0 Å². The number of nitrogens with zero attached hydrogens (tertiary/aromatic N) is 6. The fourth-order valence-electron chi connectivity index (χ4n) is 4.45. The quantitative estimate of drug-likeness (QED) is 0.330. The molecule has 36 heavy (non-hydrogen) atoms. The standard InChI is InChI=1S/C29H24N6O/c1-19-12-14-22(15-13-19)18-30-35-27-25(26-28(35)33-24-11-7-6-10-23(24)32-26)29(36)34(20(2)31-27)17-16-21-8-4-3-5-9-21/h3-15,18H,16-17H2,1-2H3/b30-18-. The summed E-state index contributed by atoms with van der Waals surface area (Å²) < 4.78 is 3.36. The maximum atomic E-state index is 13.8. The molecule has 3 aromatic heterocycles. The van der Waals surface area contributed by atoms with Gasteiger partial charge in [-0.3, -0.25) is 9.36 Å². The van der Waals surface area contributed by atoms with E-state index in [2.05, 4.69) is 12.1 Å². The van der Waals surface area contributed by atoms with Gasteiger partial charge in [0.05, 0.1) is 17.2 Å². The maximum Gasteiger partial charge on any atom is 0.265 e. The van der Waals surface area contributed by atoms with Crippen LogP contribution in [0, 0.1) is 13.8 Å². The van der Waals surface area contributed by atoms with Gasteiger partial charge in [0.1, 0.15) is 16.7 Å². The number of rotatable bonds is 5. The minimum Gasteiger partial charge on any atom is -0.296 e. The molecule has 0 atom stereocenters. The van der Waals surface area contributed by atoms with E-state index in [0.717, 1.165) is 23.0 Å². The SMILES string of the molecule is Cc1ccc(/C=N\n2c3nc4ccccc4nc3c3c(=O)n(CCc4ccccc4)c(C)nc32)cc1. The van der Waals surface area contributed by atoms with Gasteiger partial charge in [0.2, 0.25) is 0 Å². The highest BCUT2D eigenvalue weighted by atomic mass is 16.1. The Hall–Kier alpha value is -4.65. The molecule has 0 radical (unpaired) electrons. The predicted molar refractivity (Wildman–Crippen MR) is 144 cm³/mol. The minimum atomic E-state index is -0.132. The summed E-state index contributed by atoms with van der Waals surface area (Å²) in [5, 5.41) is 5.15. The number of aromatic nitrogens is 5. The third-order valence-electron chi connectivity index (χ3n) is 6.40. The van der Waals surface area contributed by atoms with Gasteiger partial charge in [-0.05, 0) is 43.5 Å². The van der Waals surface area contributed by atoms with E-state index in [1.807, 2.05) is 80.6 Å². The zero-order chi connectivity index (χ0) is 24.6. The van der Waals surface area contributed by atoms with Crippen molar-refractivity contribution in [1.29, 1.82) is 0 Å². The van der Waals surface area contributed by atoms with E-state index in [-0.39, 0.29) is 5.56 Å². The van der Waals surface area contributed by atoms with Crippen LogP contribution in [-0.2, 0) is 13.0 Å². The lowest BCUT2D eigenvalue weighted by Gasteiger charge is -2.10. The van der Waals surface area contributed by atoms with Crippen molar-refractivity contribution in [1.82, 2.24) is 24.2 Å². The Bertz CT molecular complexity index is 1820. The van der Waals surface area contributed by atoms with Gasteiger partial charge >= 0.3 is 0 Å². The fraction of sp³-hybridized carbons (Fsp3) is 0.138. The summed E-state index contributed by atoms with van der Waals surface area (Å²) >= 11 is 0. The first kappa shape index (κ1) is 21.9. The number of fused-ring (bicyclic) bond motifs is 4. The van der Waals surface area contributed by atoms with Gasteiger partial charge < -0.3 is 0 Å². The van der Waals surface area contributed by atoms with Gasteiger partial charge in [-0.1, -0.05) is 72.3 Å². The van der Waals surface area contributed by atoms with E-state index in [1.54, 1.807) is 15.5 Å². The van der Waals surface area contributed by atoms with Gasteiger partial charge in [-0.15, -0.1) is 0 Å². The molecule has 0 saturated heterocycles. The Balaban J connectivity index is 1.57. The Morgan fingerprint density at radius 2 is 1.50 bits per heavy atom. The molecule has 3 aromatic carbocycles. The molecule has 7 nitrogen and oxygen atoms in total. The van der Waals surface area contributed by atoms with Crippen LogP contribution >= 0.6 is 0 Å². The molecule has 0 fully saturated rings. The van der Waals surface area contributed by atoms with Crippen molar-refractivity contribution in [2.45, 2.75) is 26.8 Å². The van der Waals surface area contributed by atoms with Crippen LogP contribution in [0.4, 0.5) is 0 Å². The summed E-state index contributed by atoms with van der Waals surface area (Å²) in [6.07, 6.45) is 2.49. The van der Waals surface area contributed by atoms with Gasteiger partial charge in [0, 0.05) is 6.54 Å². The minimum absolute atomic E-state index is 0.132. The van der Waals surface area contributed by atoms with E-state index >= 15 is 0 Å². The van der Waals surface area contributed by atoms with E-state index in [0.29, 0.717) is 34.6 Å². The molecular weight excluding hydrogens is 448 g/mol. The fourth-order valence-corrected chi connectivity index (χ4v) is 4.45. The van der Waals surface area contributed by atoms with Gasteiger partial charge in [0.15, 0.2) is 11.3 Å². The summed E-state index contributed by atoms with van der Waals surface area (Å²) in [5.41, 5.74) is 6.09. The number of aryl methyl sites for hydroxylation is 3. The third kappa shape index (κ3) is 3.84. The molecule has 0 aliphatic carbocycles. The summed E-state index contributed by atoms with van der Waals surface area (Å²) in [7, 11) is 0. The average molecular weight is 473 g/mol. The maximum absolute atomic E-state index is 13.8. The summed E-state index contributed by atoms with van der Waals surface area (Å²) in [5.74, 6) is 0.627. The van der Waals surface area contributed by atoms with Crippen LogP contribution in [0.3, 0.4) is 0 Å². The molecule has 0 unspecified atom stereocenters. The van der Waals surface area contributed by atoms with E-state index < -0.39 is 0 Å². The molecule has 0 aliphatic rings. The van der Waals surface area contributed by atoms with E-state index in [9.17, 15) is 4.79 Å². The van der Waals surface area contributed by atoms with Crippen molar-refractivity contribution in [3.8, 4) is 0 Å². The molecule has 0 N–H and O–H groups in total. The lowest BCUT2D eigenvalue weighted by atomic mass is 10.1. The average Bonchev–Trinajstić information content (AvgIpc) is 3.19.